The highest BCUT2D eigenvalue weighted by Gasteiger charge is 2.67. The van der Waals surface area contributed by atoms with Gasteiger partial charge in [-0.1, -0.05) is 27.7 Å². The van der Waals surface area contributed by atoms with E-state index in [4.69, 9.17) is 4.74 Å². The van der Waals surface area contributed by atoms with Crippen LogP contribution in [0, 0.1) is 16.7 Å². The van der Waals surface area contributed by atoms with Crippen LogP contribution >= 0.6 is 0 Å². The van der Waals surface area contributed by atoms with Crippen molar-refractivity contribution < 1.29 is 9.84 Å². The average molecular weight is 236 g/mol. The summed E-state index contributed by atoms with van der Waals surface area (Å²) in [6.07, 6.45) is 2.53. The Bertz CT molecular complexity index is 415. The summed E-state index contributed by atoms with van der Waals surface area (Å²) in [6, 6.07) is 0. The predicted molar refractivity (Wildman–Crippen MR) is 64.6 cm³/mol. The first kappa shape index (κ1) is 12.3. The lowest BCUT2D eigenvalue weighted by Crippen LogP contribution is -2.10. The topological polar surface area (TPSA) is 55.2 Å². The maximum atomic E-state index is 10.5. The number of ether oxygens (including phenoxy) is 1. The third-order valence-corrected chi connectivity index (χ3v) is 4.61. The second kappa shape index (κ2) is 3.67. The summed E-state index contributed by atoms with van der Waals surface area (Å²) in [4.78, 5) is 8.28. The molecule has 94 valence electrons. The number of hydrogen-bond acceptors (Lipinski definition) is 4. The van der Waals surface area contributed by atoms with E-state index in [-0.39, 0.29) is 16.7 Å². The lowest BCUT2D eigenvalue weighted by molar-refractivity contribution is 0.122. The first-order valence-corrected chi connectivity index (χ1v) is 5.87. The van der Waals surface area contributed by atoms with Crippen molar-refractivity contribution in [3.63, 3.8) is 0 Å². The van der Waals surface area contributed by atoms with Gasteiger partial charge in [0.2, 0.25) is 5.88 Å². The monoisotopic (exact) mass is 236 g/mol. The Balaban J connectivity index is 2.31. The summed E-state index contributed by atoms with van der Waals surface area (Å²) in [6.45, 7) is 8.68. The molecule has 1 aromatic rings. The summed E-state index contributed by atoms with van der Waals surface area (Å²) in [7, 11) is 1.55. The lowest BCUT2D eigenvalue weighted by atomic mass is 10.0. The van der Waals surface area contributed by atoms with Gasteiger partial charge in [-0.15, -0.1) is 0 Å². The van der Waals surface area contributed by atoms with Crippen LogP contribution in [-0.4, -0.2) is 22.2 Å². The van der Waals surface area contributed by atoms with E-state index in [1.807, 2.05) is 0 Å². The minimum absolute atomic E-state index is 0.106. The van der Waals surface area contributed by atoms with Crippen LogP contribution in [0.2, 0.25) is 0 Å². The Morgan fingerprint density at radius 2 is 1.71 bits per heavy atom. The molecule has 4 nitrogen and oxygen atoms in total. The molecule has 0 bridgehead atoms. The number of aliphatic hydroxyl groups is 1. The Hall–Kier alpha value is -1.16. The molecule has 0 saturated heterocycles. The van der Waals surface area contributed by atoms with Crippen LogP contribution in [0.5, 0.6) is 5.88 Å². The van der Waals surface area contributed by atoms with Crippen LogP contribution in [0.25, 0.3) is 0 Å². The van der Waals surface area contributed by atoms with E-state index in [2.05, 4.69) is 37.7 Å². The van der Waals surface area contributed by atoms with Gasteiger partial charge >= 0.3 is 0 Å². The maximum Gasteiger partial charge on any atom is 0.238 e. The van der Waals surface area contributed by atoms with Crippen molar-refractivity contribution in [1.29, 1.82) is 0 Å². The zero-order valence-electron chi connectivity index (χ0n) is 11.1. The molecule has 1 unspecified atom stereocenters. The molecule has 0 amide bonds. The van der Waals surface area contributed by atoms with Crippen LogP contribution in [0.1, 0.15) is 39.5 Å². The Kier molecular flexibility index (Phi) is 2.65. The van der Waals surface area contributed by atoms with Gasteiger partial charge in [0.05, 0.1) is 7.11 Å². The molecular formula is C13H20N2O2. The number of hydrogen-bond donors (Lipinski definition) is 1. The van der Waals surface area contributed by atoms with Gasteiger partial charge in [0.1, 0.15) is 11.8 Å². The molecule has 1 N–H and O–H groups in total. The minimum atomic E-state index is -0.622. The van der Waals surface area contributed by atoms with Crippen molar-refractivity contribution in [2.24, 2.45) is 16.7 Å². The molecule has 1 aliphatic rings. The molecule has 1 atom stereocenters. The SMILES string of the molecule is COc1nccnc1C(O)C1C(C)(C)C1(C)C. The number of aromatic nitrogens is 2. The molecule has 1 fully saturated rings. The van der Waals surface area contributed by atoms with Gasteiger partial charge in [0.25, 0.3) is 0 Å². The summed E-state index contributed by atoms with van der Waals surface area (Å²) in [5.41, 5.74) is 0.753. The zero-order chi connectivity index (χ0) is 12.8. The summed E-state index contributed by atoms with van der Waals surface area (Å²) in [5.74, 6) is 0.596. The van der Waals surface area contributed by atoms with Crippen molar-refractivity contribution in [3.05, 3.63) is 18.1 Å². The molecule has 0 radical (unpaired) electrons. The smallest absolute Gasteiger partial charge is 0.238 e. The summed E-state index contributed by atoms with van der Waals surface area (Å²) < 4.78 is 5.15. The molecule has 4 heteroatoms. The van der Waals surface area contributed by atoms with Crippen LogP contribution in [0.15, 0.2) is 12.4 Å². The van der Waals surface area contributed by atoms with Gasteiger partial charge in [-0.05, 0) is 10.8 Å². The molecule has 1 aliphatic carbocycles. The normalized spacial score (nSPS) is 23.2. The largest absolute Gasteiger partial charge is 0.480 e. The molecule has 0 aromatic carbocycles. The van der Waals surface area contributed by atoms with Crippen molar-refractivity contribution in [3.8, 4) is 5.88 Å². The standard InChI is InChI=1S/C13H20N2O2/c1-12(2)10(13(12,3)4)9(16)8-11(17-5)15-7-6-14-8/h6-7,9-10,16H,1-5H3. The molecule has 0 aliphatic heterocycles. The third-order valence-electron chi connectivity index (χ3n) is 4.61. The van der Waals surface area contributed by atoms with Crippen molar-refractivity contribution in [2.45, 2.75) is 33.8 Å². The van der Waals surface area contributed by atoms with Gasteiger partial charge in [-0.2, -0.15) is 0 Å². The fourth-order valence-corrected chi connectivity index (χ4v) is 2.89. The Labute approximate surface area is 102 Å². The fraction of sp³-hybridized carbons (Fsp3) is 0.692. The van der Waals surface area contributed by atoms with E-state index < -0.39 is 6.10 Å². The predicted octanol–water partition coefficient (Wildman–Crippen LogP) is 2.20. The molecule has 2 rings (SSSR count). The zero-order valence-corrected chi connectivity index (χ0v) is 11.1. The second-order valence-electron chi connectivity index (χ2n) is 5.82. The van der Waals surface area contributed by atoms with Crippen LogP contribution < -0.4 is 4.74 Å². The summed E-state index contributed by atoms with van der Waals surface area (Å²) in [5, 5.41) is 10.5. The van der Waals surface area contributed by atoms with E-state index in [1.54, 1.807) is 19.5 Å². The Morgan fingerprint density at radius 1 is 1.18 bits per heavy atom. The van der Waals surface area contributed by atoms with E-state index in [0.29, 0.717) is 11.6 Å². The van der Waals surface area contributed by atoms with E-state index >= 15 is 0 Å². The van der Waals surface area contributed by atoms with Crippen molar-refractivity contribution >= 4 is 0 Å². The van der Waals surface area contributed by atoms with Gasteiger partial charge < -0.3 is 9.84 Å². The highest BCUT2D eigenvalue weighted by molar-refractivity contribution is 5.26. The average Bonchev–Trinajstić information content (AvgIpc) is 2.68. The minimum Gasteiger partial charge on any atom is -0.480 e. The number of aliphatic hydroxyl groups excluding tert-OH is 1. The highest BCUT2D eigenvalue weighted by Crippen LogP contribution is 2.72. The van der Waals surface area contributed by atoms with Gasteiger partial charge in [-0.3, -0.25) is 4.98 Å². The number of methoxy groups -OCH3 is 1. The van der Waals surface area contributed by atoms with Crippen LogP contribution in [-0.2, 0) is 0 Å². The molecular weight excluding hydrogens is 216 g/mol. The second-order valence-corrected chi connectivity index (χ2v) is 5.82. The van der Waals surface area contributed by atoms with E-state index in [1.165, 1.54) is 0 Å². The first-order valence-electron chi connectivity index (χ1n) is 5.87. The lowest BCUT2D eigenvalue weighted by Gasteiger charge is -2.14. The van der Waals surface area contributed by atoms with Gasteiger partial charge in [-0.25, -0.2) is 4.98 Å². The van der Waals surface area contributed by atoms with Crippen LogP contribution in [0.4, 0.5) is 0 Å². The molecule has 1 aromatic heterocycles. The van der Waals surface area contributed by atoms with E-state index in [9.17, 15) is 5.11 Å². The maximum absolute atomic E-state index is 10.5. The van der Waals surface area contributed by atoms with Crippen LogP contribution in [0.3, 0.4) is 0 Å². The summed E-state index contributed by atoms with van der Waals surface area (Å²) >= 11 is 0. The molecule has 1 saturated carbocycles. The Morgan fingerprint density at radius 3 is 2.18 bits per heavy atom. The quantitative estimate of drug-likeness (QED) is 0.874. The van der Waals surface area contributed by atoms with Crippen molar-refractivity contribution in [1.82, 2.24) is 9.97 Å². The number of nitrogens with zero attached hydrogens (tertiary/aromatic N) is 2. The first-order chi connectivity index (χ1) is 7.84. The van der Waals surface area contributed by atoms with Gasteiger partial charge in [0, 0.05) is 18.3 Å². The molecule has 17 heavy (non-hydrogen) atoms. The number of rotatable bonds is 3. The van der Waals surface area contributed by atoms with Crippen molar-refractivity contribution in [2.75, 3.05) is 7.11 Å². The van der Waals surface area contributed by atoms with Gasteiger partial charge in [0.15, 0.2) is 0 Å². The fourth-order valence-electron chi connectivity index (χ4n) is 2.89. The molecule has 1 heterocycles. The van der Waals surface area contributed by atoms with E-state index in [0.717, 1.165) is 0 Å². The third kappa shape index (κ3) is 1.62. The highest BCUT2D eigenvalue weighted by atomic mass is 16.5. The molecule has 0 spiro atoms.